The number of nitrogens with one attached hydrogen (secondary N) is 1. The first kappa shape index (κ1) is 16.2. The molecule has 6 nitrogen and oxygen atoms in total. The Balaban J connectivity index is 1.55. The van der Waals surface area contributed by atoms with E-state index < -0.39 is 0 Å². The lowest BCUT2D eigenvalue weighted by molar-refractivity contribution is 0.0951. The first-order valence-corrected chi connectivity index (χ1v) is 8.32. The number of amides is 1. The van der Waals surface area contributed by atoms with Crippen LogP contribution in [0.1, 0.15) is 23.2 Å². The van der Waals surface area contributed by atoms with Crippen LogP contribution in [-0.4, -0.2) is 19.1 Å². The molecule has 1 aliphatic rings. The van der Waals surface area contributed by atoms with Crippen LogP contribution in [-0.2, 0) is 0 Å². The van der Waals surface area contributed by atoms with Gasteiger partial charge in [0.1, 0.15) is 23.3 Å². The van der Waals surface area contributed by atoms with E-state index in [4.69, 9.17) is 13.9 Å². The first-order chi connectivity index (χ1) is 12.6. The second-order valence-electron chi connectivity index (χ2n) is 6.17. The molecular formula is C20H17NO5. The molecule has 1 aliphatic carbocycles. The maximum absolute atomic E-state index is 12.5. The number of methoxy groups -OCH3 is 1. The fourth-order valence-corrected chi connectivity index (χ4v) is 2.59. The van der Waals surface area contributed by atoms with Crippen LogP contribution in [0.4, 0.5) is 0 Å². The van der Waals surface area contributed by atoms with Gasteiger partial charge in [-0.3, -0.25) is 9.59 Å². The van der Waals surface area contributed by atoms with Crippen molar-refractivity contribution in [3.63, 3.8) is 0 Å². The number of carbonyl (C=O) groups is 1. The Morgan fingerprint density at radius 1 is 1.12 bits per heavy atom. The molecule has 26 heavy (non-hydrogen) atoms. The standard InChI is InChI=1S/C20H17NO5/c1-24-15-8-9-16-17(10-15)25-11-18(19(16)22)26-14-6-2-12(3-7-14)20(23)21-13-4-5-13/h2-3,6-11,13H,4-5H2,1H3,(H,21,23). The van der Waals surface area contributed by atoms with Crippen LogP contribution in [0, 0.1) is 0 Å². The van der Waals surface area contributed by atoms with Crippen molar-refractivity contribution in [2.75, 3.05) is 7.11 Å². The largest absolute Gasteiger partial charge is 0.497 e. The van der Waals surface area contributed by atoms with Gasteiger partial charge in [-0.25, -0.2) is 0 Å². The second kappa shape index (κ2) is 6.55. The zero-order chi connectivity index (χ0) is 18.1. The Hall–Kier alpha value is -3.28. The summed E-state index contributed by atoms with van der Waals surface area (Å²) >= 11 is 0. The Bertz CT molecular complexity index is 1020. The predicted octanol–water partition coefficient (Wildman–Crippen LogP) is 3.49. The third kappa shape index (κ3) is 3.26. The normalized spacial score (nSPS) is 13.4. The molecule has 1 heterocycles. The third-order valence-corrected chi connectivity index (χ3v) is 4.21. The van der Waals surface area contributed by atoms with E-state index in [1.165, 1.54) is 6.26 Å². The average molecular weight is 351 g/mol. The van der Waals surface area contributed by atoms with Crippen LogP contribution in [0.5, 0.6) is 17.2 Å². The minimum absolute atomic E-state index is 0.0813. The van der Waals surface area contributed by atoms with E-state index in [2.05, 4.69) is 5.32 Å². The molecule has 0 unspecified atom stereocenters. The summed E-state index contributed by atoms with van der Waals surface area (Å²) in [7, 11) is 1.55. The van der Waals surface area contributed by atoms with E-state index in [0.29, 0.717) is 34.1 Å². The highest BCUT2D eigenvalue weighted by Crippen LogP contribution is 2.24. The number of carbonyl (C=O) groups excluding carboxylic acids is 1. The zero-order valence-corrected chi connectivity index (χ0v) is 14.2. The molecule has 0 spiro atoms. The Kier molecular flexibility index (Phi) is 4.08. The zero-order valence-electron chi connectivity index (χ0n) is 14.2. The van der Waals surface area contributed by atoms with Gasteiger partial charge in [0.25, 0.3) is 5.91 Å². The lowest BCUT2D eigenvalue weighted by atomic mass is 10.2. The van der Waals surface area contributed by atoms with Gasteiger partial charge in [0.2, 0.25) is 11.2 Å². The summed E-state index contributed by atoms with van der Waals surface area (Å²) in [6.07, 6.45) is 3.35. The molecule has 0 radical (unpaired) electrons. The number of hydrogen-bond acceptors (Lipinski definition) is 5. The molecule has 1 saturated carbocycles. The third-order valence-electron chi connectivity index (χ3n) is 4.21. The molecule has 0 aliphatic heterocycles. The number of hydrogen-bond donors (Lipinski definition) is 1. The van der Waals surface area contributed by atoms with Crippen LogP contribution in [0.2, 0.25) is 0 Å². The predicted molar refractivity (Wildman–Crippen MR) is 96.0 cm³/mol. The van der Waals surface area contributed by atoms with E-state index >= 15 is 0 Å². The molecule has 1 N–H and O–H groups in total. The van der Waals surface area contributed by atoms with E-state index in [9.17, 15) is 9.59 Å². The molecule has 132 valence electrons. The summed E-state index contributed by atoms with van der Waals surface area (Å²) < 4.78 is 16.2. The topological polar surface area (TPSA) is 77.8 Å². The van der Waals surface area contributed by atoms with Crippen LogP contribution < -0.4 is 20.2 Å². The van der Waals surface area contributed by atoms with Gasteiger partial charge in [0.15, 0.2) is 0 Å². The molecule has 0 atom stereocenters. The van der Waals surface area contributed by atoms with Crippen molar-refractivity contribution < 1.29 is 18.7 Å². The quantitative estimate of drug-likeness (QED) is 0.761. The minimum atomic E-state index is -0.274. The molecule has 2 aromatic carbocycles. The van der Waals surface area contributed by atoms with Crippen LogP contribution >= 0.6 is 0 Å². The highest BCUT2D eigenvalue weighted by Gasteiger charge is 2.23. The molecule has 6 heteroatoms. The molecule has 1 aromatic heterocycles. The Morgan fingerprint density at radius 2 is 1.85 bits per heavy atom. The fraction of sp³-hybridized carbons (Fsp3) is 0.200. The number of rotatable bonds is 5. The number of ether oxygens (including phenoxy) is 2. The van der Waals surface area contributed by atoms with E-state index in [0.717, 1.165) is 12.8 Å². The van der Waals surface area contributed by atoms with E-state index in [-0.39, 0.29) is 17.1 Å². The molecule has 0 saturated heterocycles. The van der Waals surface area contributed by atoms with Crippen molar-refractivity contribution in [2.45, 2.75) is 18.9 Å². The maximum atomic E-state index is 12.5. The smallest absolute Gasteiger partial charge is 0.251 e. The Labute approximate surface area is 149 Å². The summed E-state index contributed by atoms with van der Waals surface area (Å²) in [4.78, 5) is 24.5. The van der Waals surface area contributed by atoms with Crippen molar-refractivity contribution in [1.82, 2.24) is 5.32 Å². The molecular weight excluding hydrogens is 334 g/mol. The highest BCUT2D eigenvalue weighted by molar-refractivity contribution is 5.94. The van der Waals surface area contributed by atoms with Gasteiger partial charge >= 0.3 is 0 Å². The summed E-state index contributed by atoms with van der Waals surface area (Å²) in [6.45, 7) is 0. The van der Waals surface area contributed by atoms with Crippen molar-refractivity contribution in [1.29, 1.82) is 0 Å². The summed E-state index contributed by atoms with van der Waals surface area (Å²) in [5.41, 5.74) is 0.708. The Morgan fingerprint density at radius 3 is 2.54 bits per heavy atom. The summed E-state index contributed by atoms with van der Waals surface area (Å²) in [5.74, 6) is 1.04. The van der Waals surface area contributed by atoms with Gasteiger partial charge in [-0.05, 0) is 49.2 Å². The van der Waals surface area contributed by atoms with Crippen molar-refractivity contribution >= 4 is 16.9 Å². The number of benzene rings is 2. The van der Waals surface area contributed by atoms with Crippen LogP contribution in [0.15, 0.2) is 57.9 Å². The van der Waals surface area contributed by atoms with Gasteiger partial charge in [-0.15, -0.1) is 0 Å². The lowest BCUT2D eigenvalue weighted by Crippen LogP contribution is -2.25. The monoisotopic (exact) mass is 351 g/mol. The number of fused-ring (bicyclic) bond motifs is 1. The summed E-state index contributed by atoms with van der Waals surface area (Å²) in [6, 6.07) is 11.9. The van der Waals surface area contributed by atoms with E-state index in [1.807, 2.05) is 0 Å². The van der Waals surface area contributed by atoms with Crippen LogP contribution in [0.3, 0.4) is 0 Å². The second-order valence-corrected chi connectivity index (χ2v) is 6.17. The fourth-order valence-electron chi connectivity index (χ4n) is 2.59. The SMILES string of the molecule is COc1ccc2c(=O)c(Oc3ccc(C(=O)NC4CC4)cc3)coc2c1. The van der Waals surface area contributed by atoms with Crippen molar-refractivity contribution in [2.24, 2.45) is 0 Å². The molecule has 1 amide bonds. The van der Waals surface area contributed by atoms with Crippen molar-refractivity contribution in [3.05, 3.63) is 64.5 Å². The lowest BCUT2D eigenvalue weighted by Gasteiger charge is -2.07. The van der Waals surface area contributed by atoms with Crippen LogP contribution in [0.25, 0.3) is 11.0 Å². The van der Waals surface area contributed by atoms with Gasteiger partial charge in [0, 0.05) is 17.7 Å². The van der Waals surface area contributed by atoms with E-state index in [1.54, 1.807) is 49.6 Å². The first-order valence-electron chi connectivity index (χ1n) is 8.32. The van der Waals surface area contributed by atoms with Crippen molar-refractivity contribution in [3.8, 4) is 17.2 Å². The minimum Gasteiger partial charge on any atom is -0.497 e. The molecule has 1 fully saturated rings. The van der Waals surface area contributed by atoms with Gasteiger partial charge < -0.3 is 19.2 Å². The average Bonchev–Trinajstić information content (AvgIpc) is 3.48. The van der Waals surface area contributed by atoms with Gasteiger partial charge in [-0.2, -0.15) is 0 Å². The van der Waals surface area contributed by atoms with Gasteiger partial charge in [0.05, 0.1) is 12.5 Å². The molecule has 0 bridgehead atoms. The highest BCUT2D eigenvalue weighted by atomic mass is 16.5. The molecule has 4 rings (SSSR count). The summed E-state index contributed by atoms with van der Waals surface area (Å²) in [5, 5.41) is 3.33. The molecule has 3 aromatic rings. The maximum Gasteiger partial charge on any atom is 0.251 e. The van der Waals surface area contributed by atoms with Gasteiger partial charge in [-0.1, -0.05) is 0 Å².